The second kappa shape index (κ2) is 8.16. The van der Waals surface area contributed by atoms with E-state index in [1.54, 1.807) is 0 Å². The maximum Gasteiger partial charge on any atom is 0.0208 e. The zero-order valence-corrected chi connectivity index (χ0v) is 14.3. The molecule has 1 saturated heterocycles. The molecule has 1 N–H and O–H groups in total. The molecule has 1 atom stereocenters. The van der Waals surface area contributed by atoms with E-state index in [9.17, 15) is 0 Å². The first kappa shape index (κ1) is 16.0. The molecule has 3 heteroatoms. The molecule has 0 aromatic heterocycles. The molecule has 0 spiro atoms. The molecule has 1 aliphatic heterocycles. The van der Waals surface area contributed by atoms with Crippen molar-refractivity contribution in [3.63, 3.8) is 0 Å². The van der Waals surface area contributed by atoms with Crippen molar-refractivity contribution >= 4 is 15.9 Å². The molecule has 0 radical (unpaired) electrons. The van der Waals surface area contributed by atoms with Crippen molar-refractivity contribution in [1.29, 1.82) is 0 Å². The Morgan fingerprint density at radius 3 is 2.75 bits per heavy atom. The van der Waals surface area contributed by atoms with E-state index >= 15 is 0 Å². The molecule has 0 saturated carbocycles. The van der Waals surface area contributed by atoms with E-state index in [4.69, 9.17) is 0 Å². The predicted molar refractivity (Wildman–Crippen MR) is 89.9 cm³/mol. The van der Waals surface area contributed by atoms with Gasteiger partial charge >= 0.3 is 0 Å². The highest BCUT2D eigenvalue weighted by Gasteiger charge is 2.22. The Morgan fingerprint density at radius 2 is 2.10 bits per heavy atom. The molecule has 2 rings (SSSR count). The number of halogens is 1. The van der Waals surface area contributed by atoms with E-state index in [0.717, 1.165) is 16.9 Å². The lowest BCUT2D eigenvalue weighted by atomic mass is 9.90. The standard InChI is InChI=1S/C17H27BrN2/c1-3-9-20-10-7-16(8-11-20)14(2)19-13-15-5-4-6-17(18)12-15/h4-6,12,14,16,19H,3,7-11,13H2,1-2H3. The van der Waals surface area contributed by atoms with Crippen LogP contribution >= 0.6 is 15.9 Å². The Labute approximate surface area is 132 Å². The minimum atomic E-state index is 0.609. The first-order valence-corrected chi connectivity index (χ1v) is 8.68. The minimum Gasteiger partial charge on any atom is -0.310 e. The second-order valence-corrected chi connectivity index (χ2v) is 6.89. The largest absolute Gasteiger partial charge is 0.310 e. The highest BCUT2D eigenvalue weighted by Crippen LogP contribution is 2.21. The van der Waals surface area contributed by atoms with Gasteiger partial charge in [-0.05, 0) is 69.4 Å². The van der Waals surface area contributed by atoms with Crippen molar-refractivity contribution in [3.8, 4) is 0 Å². The third-order valence-corrected chi connectivity index (χ3v) is 4.89. The van der Waals surface area contributed by atoms with E-state index in [0.29, 0.717) is 6.04 Å². The van der Waals surface area contributed by atoms with Crippen molar-refractivity contribution in [3.05, 3.63) is 34.3 Å². The molecule has 112 valence electrons. The summed E-state index contributed by atoms with van der Waals surface area (Å²) in [4.78, 5) is 2.61. The van der Waals surface area contributed by atoms with Crippen LogP contribution in [0.4, 0.5) is 0 Å². The number of hydrogen-bond donors (Lipinski definition) is 1. The van der Waals surface area contributed by atoms with Crippen LogP contribution in [0.15, 0.2) is 28.7 Å². The molecule has 0 amide bonds. The Bertz CT molecular complexity index is 400. The molecule has 0 aliphatic carbocycles. The summed E-state index contributed by atoms with van der Waals surface area (Å²) in [5, 5.41) is 3.70. The monoisotopic (exact) mass is 338 g/mol. The summed E-state index contributed by atoms with van der Waals surface area (Å²) in [6.07, 6.45) is 3.96. The van der Waals surface area contributed by atoms with Crippen LogP contribution in [0, 0.1) is 5.92 Å². The lowest BCUT2D eigenvalue weighted by Crippen LogP contribution is -2.41. The smallest absolute Gasteiger partial charge is 0.0208 e. The fourth-order valence-electron chi connectivity index (χ4n) is 3.09. The summed E-state index contributed by atoms with van der Waals surface area (Å²) in [5.74, 6) is 0.829. The van der Waals surface area contributed by atoms with E-state index in [-0.39, 0.29) is 0 Å². The maximum absolute atomic E-state index is 3.70. The van der Waals surface area contributed by atoms with Gasteiger partial charge in [-0.3, -0.25) is 0 Å². The van der Waals surface area contributed by atoms with Gasteiger partial charge in [0.1, 0.15) is 0 Å². The SMILES string of the molecule is CCCN1CCC(C(C)NCc2cccc(Br)c2)CC1. The topological polar surface area (TPSA) is 15.3 Å². The van der Waals surface area contributed by atoms with E-state index < -0.39 is 0 Å². The van der Waals surface area contributed by atoms with Crippen molar-refractivity contribution < 1.29 is 0 Å². The van der Waals surface area contributed by atoms with Gasteiger partial charge in [0.2, 0.25) is 0 Å². The lowest BCUT2D eigenvalue weighted by molar-refractivity contribution is 0.162. The molecule has 1 aromatic carbocycles. The summed E-state index contributed by atoms with van der Waals surface area (Å²) < 4.78 is 1.16. The van der Waals surface area contributed by atoms with Crippen molar-refractivity contribution in [2.75, 3.05) is 19.6 Å². The molecule has 1 heterocycles. The zero-order valence-electron chi connectivity index (χ0n) is 12.7. The first-order valence-electron chi connectivity index (χ1n) is 7.89. The average Bonchev–Trinajstić information content (AvgIpc) is 2.46. The molecular formula is C17H27BrN2. The van der Waals surface area contributed by atoms with Gasteiger partial charge < -0.3 is 10.2 Å². The van der Waals surface area contributed by atoms with Gasteiger partial charge in [-0.2, -0.15) is 0 Å². The molecular weight excluding hydrogens is 312 g/mol. The summed E-state index contributed by atoms with van der Waals surface area (Å²) in [5.41, 5.74) is 1.36. The Kier molecular flexibility index (Phi) is 6.53. The van der Waals surface area contributed by atoms with Crippen molar-refractivity contribution in [2.45, 2.75) is 45.7 Å². The van der Waals surface area contributed by atoms with Crippen molar-refractivity contribution in [1.82, 2.24) is 10.2 Å². The Hall–Kier alpha value is -0.380. The highest BCUT2D eigenvalue weighted by atomic mass is 79.9. The molecule has 0 bridgehead atoms. The summed E-state index contributed by atoms with van der Waals surface area (Å²) in [7, 11) is 0. The minimum absolute atomic E-state index is 0.609. The van der Waals surface area contributed by atoms with Crippen molar-refractivity contribution in [2.24, 2.45) is 5.92 Å². The van der Waals surface area contributed by atoms with Gasteiger partial charge in [-0.1, -0.05) is 35.0 Å². The molecule has 1 aromatic rings. The molecule has 1 unspecified atom stereocenters. The fourth-order valence-corrected chi connectivity index (χ4v) is 3.53. The van der Waals surface area contributed by atoms with Crippen LogP contribution < -0.4 is 5.32 Å². The van der Waals surface area contributed by atoms with Gasteiger partial charge in [-0.25, -0.2) is 0 Å². The fraction of sp³-hybridized carbons (Fsp3) is 0.647. The summed E-state index contributed by atoms with van der Waals surface area (Å²) in [6, 6.07) is 9.18. The summed E-state index contributed by atoms with van der Waals surface area (Å²) >= 11 is 3.53. The molecule has 1 aliphatic rings. The van der Waals surface area contributed by atoms with Crippen LogP contribution in [0.2, 0.25) is 0 Å². The van der Waals surface area contributed by atoms with Crippen LogP contribution in [-0.2, 0) is 6.54 Å². The van der Waals surface area contributed by atoms with Gasteiger partial charge in [-0.15, -0.1) is 0 Å². The number of likely N-dealkylation sites (tertiary alicyclic amines) is 1. The average molecular weight is 339 g/mol. The van der Waals surface area contributed by atoms with Crippen LogP contribution in [0.5, 0.6) is 0 Å². The molecule has 20 heavy (non-hydrogen) atoms. The van der Waals surface area contributed by atoms with Crippen LogP contribution in [0.3, 0.4) is 0 Å². The lowest BCUT2D eigenvalue weighted by Gasteiger charge is -2.35. The van der Waals surface area contributed by atoms with Crippen LogP contribution in [-0.4, -0.2) is 30.6 Å². The maximum atomic E-state index is 3.70. The summed E-state index contributed by atoms with van der Waals surface area (Å²) in [6.45, 7) is 9.41. The van der Waals surface area contributed by atoms with Gasteiger partial charge in [0, 0.05) is 17.1 Å². The quantitative estimate of drug-likeness (QED) is 0.841. The number of piperidine rings is 1. The third-order valence-electron chi connectivity index (χ3n) is 4.40. The van der Waals surface area contributed by atoms with E-state index in [1.807, 2.05) is 0 Å². The Morgan fingerprint density at radius 1 is 1.35 bits per heavy atom. The number of hydrogen-bond acceptors (Lipinski definition) is 2. The first-order chi connectivity index (χ1) is 9.69. The number of rotatable bonds is 6. The molecule has 2 nitrogen and oxygen atoms in total. The van der Waals surface area contributed by atoms with E-state index in [1.165, 1.54) is 44.5 Å². The van der Waals surface area contributed by atoms with E-state index in [2.05, 4.69) is 64.3 Å². The van der Waals surface area contributed by atoms with Gasteiger partial charge in [0.15, 0.2) is 0 Å². The van der Waals surface area contributed by atoms with Crippen LogP contribution in [0.1, 0.15) is 38.7 Å². The second-order valence-electron chi connectivity index (χ2n) is 5.98. The Balaban J connectivity index is 1.74. The van der Waals surface area contributed by atoms with Gasteiger partial charge in [0.25, 0.3) is 0 Å². The number of nitrogens with one attached hydrogen (secondary N) is 1. The zero-order chi connectivity index (χ0) is 14.4. The number of benzene rings is 1. The molecule has 1 fully saturated rings. The van der Waals surface area contributed by atoms with Gasteiger partial charge in [0.05, 0.1) is 0 Å². The predicted octanol–water partition coefficient (Wildman–Crippen LogP) is 4.05. The third kappa shape index (κ3) is 4.87. The van der Waals surface area contributed by atoms with Crippen LogP contribution in [0.25, 0.3) is 0 Å². The number of nitrogens with zero attached hydrogens (tertiary/aromatic N) is 1. The normalized spacial score (nSPS) is 19.1. The highest BCUT2D eigenvalue weighted by molar-refractivity contribution is 9.10.